The molecule has 0 aliphatic heterocycles. The number of anilines is 1. The average molecular weight is 494 g/mol. The number of carbonyl (C=O) groups excluding carboxylic acids is 1. The zero-order valence-corrected chi connectivity index (χ0v) is 20.1. The van der Waals surface area contributed by atoms with Crippen molar-refractivity contribution >= 4 is 17.2 Å². The molecule has 0 radical (unpaired) electrons. The largest absolute Gasteiger partial charge is 0.493 e. The monoisotopic (exact) mass is 493 g/mol. The average Bonchev–Trinajstić information content (AvgIpc) is 3.50. The summed E-state index contributed by atoms with van der Waals surface area (Å²) < 4.78 is 39.0. The third-order valence-electron chi connectivity index (χ3n) is 6.17. The van der Waals surface area contributed by atoms with Crippen LogP contribution in [0.2, 0.25) is 0 Å². The van der Waals surface area contributed by atoms with Crippen molar-refractivity contribution in [3.63, 3.8) is 0 Å². The van der Waals surface area contributed by atoms with Gasteiger partial charge in [-0.25, -0.2) is 13.9 Å². The number of aromatic amines is 1. The van der Waals surface area contributed by atoms with Crippen molar-refractivity contribution in [1.29, 1.82) is 0 Å². The fourth-order valence-corrected chi connectivity index (χ4v) is 4.09. The summed E-state index contributed by atoms with van der Waals surface area (Å²) in [5.74, 6) is -1.07. The first-order valence-electron chi connectivity index (χ1n) is 11.1. The van der Waals surface area contributed by atoms with E-state index in [1.54, 1.807) is 24.3 Å². The van der Waals surface area contributed by atoms with Crippen molar-refractivity contribution in [2.75, 3.05) is 19.5 Å². The van der Waals surface area contributed by atoms with Crippen LogP contribution in [0.25, 0.3) is 17.0 Å². The lowest BCUT2D eigenvalue weighted by atomic mass is 9.93. The van der Waals surface area contributed by atoms with E-state index in [4.69, 9.17) is 9.47 Å². The van der Waals surface area contributed by atoms with Gasteiger partial charge < -0.3 is 14.8 Å². The normalized spacial score (nSPS) is 15.1. The second kappa shape index (κ2) is 10.1. The van der Waals surface area contributed by atoms with Crippen molar-refractivity contribution in [3.8, 4) is 11.4 Å². The fraction of sp³-hybridized carbons (Fsp3) is 0.231. The Morgan fingerprint density at radius 1 is 1.17 bits per heavy atom. The first-order chi connectivity index (χ1) is 17.3. The number of hydrogen-bond acceptors (Lipinski definition) is 6. The summed E-state index contributed by atoms with van der Waals surface area (Å²) in [4.78, 5) is 13.2. The van der Waals surface area contributed by atoms with Crippen LogP contribution >= 0.6 is 0 Å². The fourth-order valence-electron chi connectivity index (χ4n) is 4.09. The molecule has 1 heterocycles. The SMILES string of the molecule is C=C/C(OC)=C(\C=C(/C)c1ccc(NC(=O)C2(c3cccc(F)c3F)CC2)cc1-c1nnn[nH]1)OC. The summed E-state index contributed by atoms with van der Waals surface area (Å²) in [7, 11) is 3.04. The van der Waals surface area contributed by atoms with Gasteiger partial charge in [0.1, 0.15) is 0 Å². The van der Waals surface area contributed by atoms with Crippen LogP contribution in [-0.4, -0.2) is 40.8 Å². The van der Waals surface area contributed by atoms with Crippen LogP contribution < -0.4 is 5.32 Å². The highest BCUT2D eigenvalue weighted by Gasteiger charge is 2.53. The summed E-state index contributed by atoms with van der Waals surface area (Å²) in [6, 6.07) is 9.13. The first kappa shape index (κ1) is 24.8. The number of aromatic nitrogens is 4. The molecule has 8 nitrogen and oxygen atoms in total. The molecule has 1 fully saturated rings. The van der Waals surface area contributed by atoms with Gasteiger partial charge in [0.25, 0.3) is 0 Å². The molecule has 1 aliphatic rings. The van der Waals surface area contributed by atoms with E-state index in [0.717, 1.165) is 17.2 Å². The quantitative estimate of drug-likeness (QED) is 0.325. The van der Waals surface area contributed by atoms with Crippen LogP contribution in [0.15, 0.2) is 66.6 Å². The number of amides is 1. The maximum atomic E-state index is 14.5. The van der Waals surface area contributed by atoms with Gasteiger partial charge in [0.15, 0.2) is 29.0 Å². The van der Waals surface area contributed by atoms with E-state index in [1.807, 2.05) is 6.92 Å². The first-order valence-corrected chi connectivity index (χ1v) is 11.1. The number of nitrogens with one attached hydrogen (secondary N) is 2. The standard InChI is InChI=1S/C26H25F2N5O3/c1-5-21(35-3)22(36-4)13-15(2)17-10-9-16(14-18(17)24-30-32-33-31-24)29-25(34)26(11-12-26)19-7-6-8-20(27)23(19)28/h5-10,13-14H,1,11-12H2,2-4H3,(H,29,34)(H,30,31,32,33)/b15-13+,22-21-. The van der Waals surface area contributed by atoms with Crippen molar-refractivity contribution in [3.05, 3.63) is 89.4 Å². The summed E-state index contributed by atoms with van der Waals surface area (Å²) in [6.45, 7) is 5.60. The highest BCUT2D eigenvalue weighted by atomic mass is 19.2. The van der Waals surface area contributed by atoms with Crippen molar-refractivity contribution < 1.29 is 23.0 Å². The zero-order valence-electron chi connectivity index (χ0n) is 20.1. The molecule has 2 aromatic carbocycles. The van der Waals surface area contributed by atoms with Gasteiger partial charge in [-0.1, -0.05) is 24.8 Å². The van der Waals surface area contributed by atoms with Gasteiger partial charge >= 0.3 is 0 Å². The Bertz CT molecular complexity index is 1360. The van der Waals surface area contributed by atoms with Gasteiger partial charge in [0, 0.05) is 16.8 Å². The summed E-state index contributed by atoms with van der Waals surface area (Å²) in [5, 5.41) is 16.9. The minimum atomic E-state index is -1.10. The number of halogens is 2. The van der Waals surface area contributed by atoms with Crippen LogP contribution in [0.3, 0.4) is 0 Å². The molecule has 36 heavy (non-hydrogen) atoms. The minimum absolute atomic E-state index is 0.0603. The number of methoxy groups -OCH3 is 2. The van der Waals surface area contributed by atoms with E-state index in [2.05, 4.69) is 32.5 Å². The number of rotatable bonds is 9. The van der Waals surface area contributed by atoms with E-state index in [9.17, 15) is 13.6 Å². The van der Waals surface area contributed by atoms with Crippen LogP contribution in [0.1, 0.15) is 30.9 Å². The van der Waals surface area contributed by atoms with Crippen molar-refractivity contribution in [2.45, 2.75) is 25.2 Å². The van der Waals surface area contributed by atoms with Crippen molar-refractivity contribution in [1.82, 2.24) is 20.6 Å². The molecule has 4 rings (SSSR count). The third kappa shape index (κ3) is 4.61. The number of ether oxygens (including phenoxy) is 2. The molecule has 10 heteroatoms. The molecule has 1 amide bonds. The Morgan fingerprint density at radius 3 is 2.53 bits per heavy atom. The van der Waals surface area contributed by atoms with Gasteiger partial charge in [-0.15, -0.1) is 5.10 Å². The van der Waals surface area contributed by atoms with Gasteiger partial charge in [0.2, 0.25) is 5.91 Å². The second-order valence-corrected chi connectivity index (χ2v) is 8.32. The number of allylic oxidation sites excluding steroid dienone is 3. The van der Waals surface area contributed by atoms with E-state index in [1.165, 1.54) is 32.4 Å². The molecule has 1 saturated carbocycles. The lowest BCUT2D eigenvalue weighted by Gasteiger charge is -2.18. The molecule has 0 spiro atoms. The van der Waals surface area contributed by atoms with E-state index in [0.29, 0.717) is 41.4 Å². The van der Waals surface area contributed by atoms with Crippen LogP contribution in [0.5, 0.6) is 0 Å². The van der Waals surface area contributed by atoms with Gasteiger partial charge in [-0.05, 0) is 71.7 Å². The predicted octanol–water partition coefficient (Wildman–Crippen LogP) is 4.91. The van der Waals surface area contributed by atoms with E-state index < -0.39 is 23.0 Å². The highest BCUT2D eigenvalue weighted by Crippen LogP contribution is 2.50. The molecular weight excluding hydrogens is 468 g/mol. The molecule has 1 aliphatic carbocycles. The van der Waals surface area contributed by atoms with Crippen molar-refractivity contribution in [2.24, 2.45) is 0 Å². The van der Waals surface area contributed by atoms with Gasteiger partial charge in [-0.2, -0.15) is 0 Å². The van der Waals surface area contributed by atoms with Crippen LogP contribution in [0.4, 0.5) is 14.5 Å². The topological polar surface area (TPSA) is 102 Å². The number of nitrogens with zero attached hydrogens (tertiary/aromatic N) is 3. The lowest BCUT2D eigenvalue weighted by molar-refractivity contribution is -0.118. The number of H-pyrrole nitrogens is 1. The summed E-state index contributed by atoms with van der Waals surface area (Å²) in [5.41, 5.74) is 1.59. The molecule has 186 valence electrons. The molecule has 0 unspecified atom stereocenters. The maximum absolute atomic E-state index is 14.5. The van der Waals surface area contributed by atoms with E-state index in [-0.39, 0.29) is 5.56 Å². The molecule has 3 aromatic rings. The summed E-state index contributed by atoms with van der Waals surface area (Å²) >= 11 is 0. The lowest BCUT2D eigenvalue weighted by Crippen LogP contribution is -2.29. The number of benzene rings is 2. The minimum Gasteiger partial charge on any atom is -0.493 e. The smallest absolute Gasteiger partial charge is 0.235 e. The molecule has 0 atom stereocenters. The Kier molecular flexibility index (Phi) is 6.96. The van der Waals surface area contributed by atoms with Gasteiger partial charge in [-0.3, -0.25) is 4.79 Å². The number of tetrazole rings is 1. The Balaban J connectivity index is 1.70. The number of carbonyl (C=O) groups is 1. The Morgan fingerprint density at radius 2 is 1.92 bits per heavy atom. The molecule has 0 saturated heterocycles. The predicted molar refractivity (Wildman–Crippen MR) is 130 cm³/mol. The summed E-state index contributed by atoms with van der Waals surface area (Å²) in [6.07, 6.45) is 4.18. The zero-order chi connectivity index (χ0) is 25.9. The molecule has 2 N–H and O–H groups in total. The third-order valence-corrected chi connectivity index (χ3v) is 6.17. The maximum Gasteiger partial charge on any atom is 0.235 e. The highest BCUT2D eigenvalue weighted by molar-refractivity contribution is 6.02. The van der Waals surface area contributed by atoms with Crippen LogP contribution in [-0.2, 0) is 19.7 Å². The second-order valence-electron chi connectivity index (χ2n) is 8.32. The molecule has 0 bridgehead atoms. The van der Waals surface area contributed by atoms with E-state index >= 15 is 0 Å². The Labute approximate surface area is 206 Å². The number of hydrogen-bond donors (Lipinski definition) is 2. The van der Waals surface area contributed by atoms with Crippen LogP contribution in [0, 0.1) is 11.6 Å². The Hall–Kier alpha value is -4.34. The van der Waals surface area contributed by atoms with Gasteiger partial charge in [0.05, 0.1) is 19.6 Å². The molecular formula is C26H25F2N5O3. The molecule has 1 aromatic heterocycles.